The summed E-state index contributed by atoms with van der Waals surface area (Å²) in [7, 11) is 0. The van der Waals surface area contributed by atoms with Crippen molar-refractivity contribution in [2.45, 2.75) is 150 Å². The Bertz CT molecular complexity index is 2210. The van der Waals surface area contributed by atoms with Crippen LogP contribution in [-0.4, -0.2) is 0 Å². The van der Waals surface area contributed by atoms with Crippen molar-refractivity contribution in [3.63, 3.8) is 0 Å². The van der Waals surface area contributed by atoms with Crippen LogP contribution < -0.4 is 0 Å². The Kier molecular flexibility index (Phi) is 8.86. The Morgan fingerprint density at radius 1 is 0.340 bits per heavy atom. The van der Waals surface area contributed by atoms with E-state index in [4.69, 9.17) is 0 Å². The summed E-state index contributed by atoms with van der Waals surface area (Å²) in [6.07, 6.45) is 2.04. The molecule has 4 aromatic carbocycles. The molecular weight excluding hydrogens is 601 g/mol. The largest absolute Gasteiger partial charge is 0.0647 e. The van der Waals surface area contributed by atoms with E-state index in [1.165, 1.54) is 122 Å². The molecule has 0 nitrogen and oxygen atoms in total. The Labute approximate surface area is 305 Å². The molecule has 0 radical (unpaired) electrons. The summed E-state index contributed by atoms with van der Waals surface area (Å²) < 4.78 is 0. The van der Waals surface area contributed by atoms with Crippen LogP contribution in [0.25, 0.3) is 33.4 Å². The Morgan fingerprint density at radius 3 is 1.12 bits per heavy atom. The third-order valence-corrected chi connectivity index (χ3v) is 14.9. The van der Waals surface area contributed by atoms with Gasteiger partial charge in [0.2, 0.25) is 0 Å². The van der Waals surface area contributed by atoms with Crippen molar-refractivity contribution in [2.75, 3.05) is 0 Å². The lowest BCUT2D eigenvalue weighted by Gasteiger charge is -2.27. The van der Waals surface area contributed by atoms with Gasteiger partial charge in [-0.2, -0.15) is 0 Å². The summed E-state index contributed by atoms with van der Waals surface area (Å²) in [4.78, 5) is 0. The van der Waals surface area contributed by atoms with Crippen molar-refractivity contribution in [3.8, 4) is 22.3 Å². The van der Waals surface area contributed by atoms with Gasteiger partial charge in [-0.3, -0.25) is 0 Å². The van der Waals surface area contributed by atoms with Crippen molar-refractivity contribution in [3.05, 3.63) is 122 Å². The minimum absolute atomic E-state index is 0.385. The normalized spacial score (nSPS) is 15.5. The van der Waals surface area contributed by atoms with Gasteiger partial charge in [0.1, 0.15) is 0 Å². The molecule has 0 fully saturated rings. The first-order valence-electron chi connectivity index (χ1n) is 19.1. The van der Waals surface area contributed by atoms with Crippen LogP contribution in [0.3, 0.4) is 0 Å². The molecule has 0 N–H and O–H groups in total. The summed E-state index contributed by atoms with van der Waals surface area (Å²) in [5, 5.41) is 0. The molecule has 2 aliphatic rings. The van der Waals surface area contributed by atoms with Crippen LogP contribution in [-0.2, 0) is 6.42 Å². The minimum atomic E-state index is 0.385. The summed E-state index contributed by atoms with van der Waals surface area (Å²) in [5.41, 5.74) is 41.6. The molecule has 1 unspecified atom stereocenters. The van der Waals surface area contributed by atoms with Crippen LogP contribution in [0.1, 0.15) is 144 Å². The van der Waals surface area contributed by atoms with Crippen LogP contribution in [0.4, 0.5) is 0 Å². The lowest BCUT2D eigenvalue weighted by Crippen LogP contribution is -2.08. The zero-order valence-electron chi connectivity index (χ0n) is 35.0. The van der Waals surface area contributed by atoms with Gasteiger partial charge >= 0.3 is 0 Å². The third kappa shape index (κ3) is 4.76. The summed E-state index contributed by atoms with van der Waals surface area (Å²) in [6, 6.07) is 0. The number of hydrogen-bond acceptors (Lipinski definition) is 0. The maximum absolute atomic E-state index is 2.48. The Morgan fingerprint density at radius 2 is 0.660 bits per heavy atom. The van der Waals surface area contributed by atoms with E-state index in [1.54, 1.807) is 33.4 Å². The molecule has 2 aliphatic carbocycles. The van der Waals surface area contributed by atoms with Gasteiger partial charge in [0.15, 0.2) is 0 Å². The molecule has 0 saturated carbocycles. The van der Waals surface area contributed by atoms with Crippen LogP contribution >= 0.6 is 0 Å². The molecule has 0 bridgehead atoms. The van der Waals surface area contributed by atoms with Crippen molar-refractivity contribution < 1.29 is 0 Å². The van der Waals surface area contributed by atoms with E-state index >= 15 is 0 Å². The van der Waals surface area contributed by atoms with Gasteiger partial charge in [0, 0.05) is 5.92 Å². The average Bonchev–Trinajstić information content (AvgIpc) is 3.53. The van der Waals surface area contributed by atoms with E-state index in [9.17, 15) is 0 Å². The van der Waals surface area contributed by atoms with E-state index in [2.05, 4.69) is 132 Å². The maximum Gasteiger partial charge on any atom is 0.00356 e. The molecule has 0 spiro atoms. The monoisotopic (exact) mass is 662 g/mol. The number of allylic oxidation sites excluding steroid dienone is 4. The SMILES string of the molecule is CC1=C(CC2=C(C)C(C)c3c2c(C)c(C)c(C)c3-c2c(C)c(C)c(C)c(C)c2C)c2c(C)c(C)c(C)c(-c3c(C)c(C)c(C)c(C)c3C)c2C1. The molecule has 0 aliphatic heterocycles. The number of fused-ring (bicyclic) bond motifs is 2. The van der Waals surface area contributed by atoms with Gasteiger partial charge in [-0.25, -0.2) is 0 Å². The number of hydrogen-bond donors (Lipinski definition) is 0. The quantitative estimate of drug-likeness (QED) is 0.204. The zero-order valence-corrected chi connectivity index (χ0v) is 35.0. The maximum atomic E-state index is 2.48. The summed E-state index contributed by atoms with van der Waals surface area (Å²) in [5.74, 6) is 0.385. The van der Waals surface area contributed by atoms with Gasteiger partial charge in [-0.05, 0) is 282 Å². The smallest absolute Gasteiger partial charge is 0.00356 e. The summed E-state index contributed by atoms with van der Waals surface area (Å²) in [6.45, 7) is 45.0. The van der Waals surface area contributed by atoms with Gasteiger partial charge in [0.25, 0.3) is 0 Å². The van der Waals surface area contributed by atoms with Crippen molar-refractivity contribution in [1.82, 2.24) is 0 Å². The molecule has 0 saturated heterocycles. The van der Waals surface area contributed by atoms with Crippen molar-refractivity contribution in [2.24, 2.45) is 0 Å². The first kappa shape index (κ1) is 36.2. The van der Waals surface area contributed by atoms with Gasteiger partial charge < -0.3 is 0 Å². The number of rotatable bonds is 4. The second-order valence-corrected chi connectivity index (χ2v) is 16.6. The highest BCUT2D eigenvalue weighted by molar-refractivity contribution is 5.97. The highest BCUT2D eigenvalue weighted by Gasteiger charge is 2.36. The van der Waals surface area contributed by atoms with Crippen LogP contribution in [0, 0.1) is 111 Å². The van der Waals surface area contributed by atoms with Crippen LogP contribution in [0.5, 0.6) is 0 Å². The predicted molar refractivity (Wildman–Crippen MR) is 221 cm³/mol. The Balaban J connectivity index is 1.60. The topological polar surface area (TPSA) is 0 Å². The molecule has 0 aromatic heterocycles. The van der Waals surface area contributed by atoms with E-state index < -0.39 is 0 Å². The molecule has 0 heteroatoms. The van der Waals surface area contributed by atoms with Crippen molar-refractivity contribution in [1.29, 1.82) is 0 Å². The molecule has 50 heavy (non-hydrogen) atoms. The minimum Gasteiger partial charge on any atom is -0.0647 e. The van der Waals surface area contributed by atoms with E-state index in [1.807, 2.05) is 0 Å². The molecule has 4 aromatic rings. The predicted octanol–water partition coefficient (Wildman–Crippen LogP) is 14.3. The third-order valence-electron chi connectivity index (χ3n) is 14.9. The molecule has 6 rings (SSSR count). The number of benzene rings is 4. The molecule has 0 heterocycles. The average molecular weight is 663 g/mol. The second kappa shape index (κ2) is 12.3. The lowest BCUT2D eigenvalue weighted by atomic mass is 9.77. The first-order chi connectivity index (χ1) is 23.3. The Hall–Kier alpha value is -3.64. The molecule has 1 atom stereocenters. The zero-order chi connectivity index (χ0) is 37.2. The highest BCUT2D eigenvalue weighted by atomic mass is 14.4. The van der Waals surface area contributed by atoms with Crippen molar-refractivity contribution >= 4 is 11.1 Å². The fourth-order valence-electron chi connectivity index (χ4n) is 10.1. The first-order valence-corrected chi connectivity index (χ1v) is 19.1. The fraction of sp³-hybridized carbons (Fsp3) is 0.440. The molecule has 262 valence electrons. The lowest BCUT2D eigenvalue weighted by molar-refractivity contribution is 0.915. The van der Waals surface area contributed by atoms with E-state index in [0.717, 1.165) is 12.8 Å². The molecule has 0 amide bonds. The van der Waals surface area contributed by atoms with E-state index in [0.29, 0.717) is 5.92 Å². The standard InChI is InChI=1S/C50H62/c1-22-20-43-46(36(15)29(8)38(17)48(43)44-32(11)25(4)23(2)26(5)33(44)12)41(22)21-42-31(10)40(19)50-47(42)37(16)30(9)39(18)49(50)45-34(13)27(6)24(3)28(7)35(45)14/h40H,20-21H2,1-19H3. The highest BCUT2D eigenvalue weighted by Crippen LogP contribution is 2.56. The van der Waals surface area contributed by atoms with E-state index in [-0.39, 0.29) is 0 Å². The van der Waals surface area contributed by atoms with Gasteiger partial charge in [-0.1, -0.05) is 18.1 Å². The van der Waals surface area contributed by atoms with Gasteiger partial charge in [0.05, 0.1) is 0 Å². The van der Waals surface area contributed by atoms with Crippen LogP contribution in [0.15, 0.2) is 11.1 Å². The fourth-order valence-corrected chi connectivity index (χ4v) is 10.1. The molecular formula is C50H62. The second-order valence-electron chi connectivity index (χ2n) is 16.6. The van der Waals surface area contributed by atoms with Crippen LogP contribution in [0.2, 0.25) is 0 Å². The summed E-state index contributed by atoms with van der Waals surface area (Å²) >= 11 is 0. The van der Waals surface area contributed by atoms with Gasteiger partial charge in [-0.15, -0.1) is 0 Å².